The average Bonchev–Trinajstić information content (AvgIpc) is 2.88. The Hall–Kier alpha value is -1.65. The van der Waals surface area contributed by atoms with Crippen LogP contribution in [0.15, 0.2) is 42.1 Å². The van der Waals surface area contributed by atoms with Gasteiger partial charge in [0.2, 0.25) is 5.91 Å². The number of amides is 1. The number of fused-ring (bicyclic) bond motifs is 1. The van der Waals surface area contributed by atoms with Gasteiger partial charge in [-0.2, -0.15) is 0 Å². The van der Waals surface area contributed by atoms with Crippen molar-refractivity contribution in [1.29, 1.82) is 0 Å². The molecule has 1 fully saturated rings. The summed E-state index contributed by atoms with van der Waals surface area (Å²) in [6.07, 6.45) is 3.05. The van der Waals surface area contributed by atoms with Crippen molar-refractivity contribution in [2.75, 3.05) is 13.1 Å². The Labute approximate surface area is 113 Å². The lowest BCUT2D eigenvalue weighted by Gasteiger charge is -2.32. The summed E-state index contributed by atoms with van der Waals surface area (Å²) >= 11 is 0. The van der Waals surface area contributed by atoms with Crippen LogP contribution in [0.5, 0.6) is 0 Å². The van der Waals surface area contributed by atoms with E-state index < -0.39 is 0 Å². The molecule has 2 aliphatic rings. The number of rotatable bonds is 3. The van der Waals surface area contributed by atoms with Crippen LogP contribution in [0.1, 0.15) is 12.5 Å². The predicted molar refractivity (Wildman–Crippen MR) is 74.0 cm³/mol. The first-order chi connectivity index (χ1) is 9.25. The second kappa shape index (κ2) is 5.15. The molecule has 0 aliphatic carbocycles. The number of benzene rings is 1. The van der Waals surface area contributed by atoms with E-state index in [2.05, 4.69) is 29.1 Å². The summed E-state index contributed by atoms with van der Waals surface area (Å²) in [6, 6.07) is 10.5. The molecule has 4 heteroatoms. The quantitative estimate of drug-likeness (QED) is 0.851. The Morgan fingerprint density at radius 3 is 2.89 bits per heavy atom. The summed E-state index contributed by atoms with van der Waals surface area (Å²) in [5.41, 5.74) is 8.53. The summed E-state index contributed by atoms with van der Waals surface area (Å²) in [4.78, 5) is 14.4. The molecule has 1 amide bonds. The number of nitrogens with one attached hydrogen (secondary N) is 2. The van der Waals surface area contributed by atoms with Crippen LogP contribution in [0.4, 0.5) is 0 Å². The average molecular weight is 257 g/mol. The van der Waals surface area contributed by atoms with Crippen molar-refractivity contribution < 1.29 is 4.79 Å². The monoisotopic (exact) mass is 257 g/mol. The SMILES string of the molecule is CC1=CC2NNCC2C(=O)N1CCc1ccccc1. The standard InChI is InChI=1S/C15H19N3O/c1-11-9-14-13(10-16-17-14)15(19)18(11)8-7-12-5-3-2-4-6-12/h2-6,9,13-14,16-17H,7-8,10H2,1H3. The number of hydrogen-bond donors (Lipinski definition) is 2. The maximum Gasteiger partial charge on any atom is 0.233 e. The van der Waals surface area contributed by atoms with Crippen molar-refractivity contribution in [3.05, 3.63) is 47.7 Å². The van der Waals surface area contributed by atoms with Gasteiger partial charge in [-0.1, -0.05) is 30.3 Å². The van der Waals surface area contributed by atoms with E-state index in [0.29, 0.717) is 0 Å². The number of hydrazine groups is 1. The van der Waals surface area contributed by atoms with Crippen LogP contribution in [-0.2, 0) is 11.2 Å². The van der Waals surface area contributed by atoms with Gasteiger partial charge in [-0.25, -0.2) is 5.43 Å². The Kier molecular flexibility index (Phi) is 3.36. The number of allylic oxidation sites excluding steroid dienone is 1. The topological polar surface area (TPSA) is 44.4 Å². The summed E-state index contributed by atoms with van der Waals surface area (Å²) in [5, 5.41) is 0. The lowest BCUT2D eigenvalue weighted by molar-refractivity contribution is -0.133. The van der Waals surface area contributed by atoms with E-state index in [4.69, 9.17) is 0 Å². The van der Waals surface area contributed by atoms with Gasteiger partial charge in [-0.05, 0) is 25.0 Å². The van der Waals surface area contributed by atoms with Crippen LogP contribution in [-0.4, -0.2) is 29.9 Å². The zero-order valence-electron chi connectivity index (χ0n) is 11.1. The van der Waals surface area contributed by atoms with Crippen LogP contribution >= 0.6 is 0 Å². The van der Waals surface area contributed by atoms with Crippen molar-refractivity contribution in [3.8, 4) is 0 Å². The highest BCUT2D eigenvalue weighted by atomic mass is 16.2. The molecule has 1 saturated heterocycles. The summed E-state index contributed by atoms with van der Waals surface area (Å²) in [7, 11) is 0. The Morgan fingerprint density at radius 1 is 1.32 bits per heavy atom. The van der Waals surface area contributed by atoms with Gasteiger partial charge in [0, 0.05) is 18.8 Å². The minimum atomic E-state index is 0.0412. The number of nitrogens with zero attached hydrogens (tertiary/aromatic N) is 1. The molecule has 2 heterocycles. The molecule has 1 aromatic carbocycles. The minimum Gasteiger partial charge on any atom is -0.316 e. The number of carbonyl (C=O) groups excluding carboxylic acids is 1. The Morgan fingerprint density at radius 2 is 2.11 bits per heavy atom. The van der Waals surface area contributed by atoms with Gasteiger partial charge < -0.3 is 4.90 Å². The molecule has 100 valence electrons. The third-order valence-electron chi connectivity index (χ3n) is 3.92. The van der Waals surface area contributed by atoms with Gasteiger partial charge in [-0.3, -0.25) is 10.2 Å². The zero-order chi connectivity index (χ0) is 13.2. The number of hydrogen-bond acceptors (Lipinski definition) is 3. The maximum atomic E-state index is 12.4. The van der Waals surface area contributed by atoms with E-state index >= 15 is 0 Å². The van der Waals surface area contributed by atoms with Crippen molar-refractivity contribution >= 4 is 5.91 Å². The van der Waals surface area contributed by atoms with E-state index in [1.165, 1.54) is 5.56 Å². The van der Waals surface area contributed by atoms with Crippen LogP contribution in [0, 0.1) is 5.92 Å². The highest BCUT2D eigenvalue weighted by Gasteiger charge is 2.38. The predicted octanol–water partition coefficient (Wildman–Crippen LogP) is 1.07. The van der Waals surface area contributed by atoms with Crippen LogP contribution < -0.4 is 10.9 Å². The second-order valence-electron chi connectivity index (χ2n) is 5.19. The van der Waals surface area contributed by atoms with Gasteiger partial charge in [0.15, 0.2) is 0 Å². The molecule has 0 aromatic heterocycles. The van der Waals surface area contributed by atoms with Gasteiger partial charge in [0.1, 0.15) is 0 Å². The molecule has 1 aromatic rings. The van der Waals surface area contributed by atoms with E-state index in [1.807, 2.05) is 30.0 Å². The molecule has 2 N–H and O–H groups in total. The van der Waals surface area contributed by atoms with E-state index in [0.717, 1.165) is 25.2 Å². The summed E-state index contributed by atoms with van der Waals surface area (Å²) in [6.45, 7) is 3.49. The van der Waals surface area contributed by atoms with Crippen molar-refractivity contribution in [2.45, 2.75) is 19.4 Å². The zero-order valence-corrected chi connectivity index (χ0v) is 11.1. The van der Waals surface area contributed by atoms with Crippen molar-refractivity contribution in [3.63, 3.8) is 0 Å². The first-order valence-corrected chi connectivity index (χ1v) is 6.78. The lowest BCUT2D eigenvalue weighted by atomic mass is 9.95. The van der Waals surface area contributed by atoms with E-state index in [1.54, 1.807) is 0 Å². The molecule has 0 saturated carbocycles. The fourth-order valence-corrected chi connectivity index (χ4v) is 2.81. The fourth-order valence-electron chi connectivity index (χ4n) is 2.81. The first-order valence-electron chi connectivity index (χ1n) is 6.78. The molecule has 4 nitrogen and oxygen atoms in total. The number of carbonyl (C=O) groups is 1. The minimum absolute atomic E-state index is 0.0412. The normalized spacial score (nSPS) is 26.3. The van der Waals surface area contributed by atoms with Gasteiger partial charge in [0.05, 0.1) is 12.0 Å². The van der Waals surface area contributed by atoms with Crippen LogP contribution in [0.2, 0.25) is 0 Å². The summed E-state index contributed by atoms with van der Waals surface area (Å²) in [5.74, 6) is 0.276. The molecule has 2 unspecified atom stereocenters. The molecule has 0 bridgehead atoms. The maximum absolute atomic E-state index is 12.4. The first kappa shape index (κ1) is 12.4. The van der Waals surface area contributed by atoms with Gasteiger partial charge in [0.25, 0.3) is 0 Å². The molecule has 3 rings (SSSR count). The van der Waals surface area contributed by atoms with Crippen molar-refractivity contribution in [2.24, 2.45) is 5.92 Å². The Bertz CT molecular complexity index is 497. The summed E-state index contributed by atoms with van der Waals surface area (Å²) < 4.78 is 0. The smallest absolute Gasteiger partial charge is 0.233 e. The van der Waals surface area contributed by atoms with E-state index in [9.17, 15) is 4.79 Å². The highest BCUT2D eigenvalue weighted by molar-refractivity contribution is 5.83. The molecule has 19 heavy (non-hydrogen) atoms. The van der Waals surface area contributed by atoms with E-state index in [-0.39, 0.29) is 17.9 Å². The fraction of sp³-hybridized carbons (Fsp3) is 0.400. The van der Waals surface area contributed by atoms with Gasteiger partial charge >= 0.3 is 0 Å². The molecular weight excluding hydrogens is 238 g/mol. The molecule has 0 radical (unpaired) electrons. The molecule has 2 aliphatic heterocycles. The van der Waals surface area contributed by atoms with Crippen LogP contribution in [0.25, 0.3) is 0 Å². The second-order valence-corrected chi connectivity index (χ2v) is 5.19. The molecule has 0 spiro atoms. The highest BCUT2D eigenvalue weighted by Crippen LogP contribution is 2.23. The third-order valence-corrected chi connectivity index (χ3v) is 3.92. The third kappa shape index (κ3) is 2.41. The molecular formula is C15H19N3O. The largest absolute Gasteiger partial charge is 0.316 e. The van der Waals surface area contributed by atoms with Gasteiger partial charge in [-0.15, -0.1) is 0 Å². The Balaban J connectivity index is 1.70. The van der Waals surface area contributed by atoms with Crippen LogP contribution in [0.3, 0.4) is 0 Å². The lowest BCUT2D eigenvalue weighted by Crippen LogP contribution is -2.46. The molecule has 2 atom stereocenters. The van der Waals surface area contributed by atoms with Crippen molar-refractivity contribution in [1.82, 2.24) is 15.8 Å².